The number of rotatable bonds is 7. The van der Waals surface area contributed by atoms with Crippen molar-refractivity contribution in [2.24, 2.45) is 0 Å². The number of aromatic nitrogens is 1. The summed E-state index contributed by atoms with van der Waals surface area (Å²) in [7, 11) is 2.00. The average molecular weight is 374 g/mol. The summed E-state index contributed by atoms with van der Waals surface area (Å²) < 4.78 is 6.42. The van der Waals surface area contributed by atoms with E-state index in [1.165, 1.54) is 10.1 Å². The van der Waals surface area contributed by atoms with Crippen molar-refractivity contribution in [3.8, 4) is 0 Å². The van der Waals surface area contributed by atoms with E-state index >= 15 is 0 Å². The summed E-state index contributed by atoms with van der Waals surface area (Å²) in [4.78, 5) is 26.2. The zero-order valence-corrected chi connectivity index (χ0v) is 15.2. The second-order valence-electron chi connectivity index (χ2n) is 6.14. The van der Waals surface area contributed by atoms with E-state index in [0.29, 0.717) is 29.2 Å². The molecule has 6 nitrogen and oxygen atoms in total. The molecule has 136 valence electrons. The van der Waals surface area contributed by atoms with E-state index in [1.54, 1.807) is 18.2 Å². The van der Waals surface area contributed by atoms with Gasteiger partial charge in [-0.15, -0.1) is 0 Å². The van der Waals surface area contributed by atoms with Crippen LogP contribution >= 0.6 is 11.6 Å². The van der Waals surface area contributed by atoms with E-state index in [9.17, 15) is 9.59 Å². The van der Waals surface area contributed by atoms with Crippen molar-refractivity contribution in [1.29, 1.82) is 0 Å². The Kier molecular flexibility index (Phi) is 5.75. The van der Waals surface area contributed by atoms with Crippen LogP contribution in [-0.4, -0.2) is 35.5 Å². The number of benzene rings is 2. The van der Waals surface area contributed by atoms with Crippen molar-refractivity contribution in [1.82, 2.24) is 14.8 Å². The molecule has 0 unspecified atom stereocenters. The lowest BCUT2D eigenvalue weighted by Crippen LogP contribution is -2.36. The summed E-state index contributed by atoms with van der Waals surface area (Å²) in [5.74, 6) is -0.809. The molecule has 2 aromatic carbocycles. The van der Waals surface area contributed by atoms with Crippen LogP contribution in [0.3, 0.4) is 0 Å². The second-order valence-corrected chi connectivity index (χ2v) is 6.58. The number of oxazole rings is 1. The summed E-state index contributed by atoms with van der Waals surface area (Å²) in [5.41, 5.74) is 2.14. The molecule has 0 aliphatic rings. The van der Waals surface area contributed by atoms with Gasteiger partial charge < -0.3 is 14.6 Å². The first-order valence-corrected chi connectivity index (χ1v) is 8.69. The average Bonchev–Trinajstić information content (AvgIpc) is 2.90. The maximum atomic E-state index is 12.2. The van der Waals surface area contributed by atoms with Crippen molar-refractivity contribution < 1.29 is 9.21 Å². The van der Waals surface area contributed by atoms with Gasteiger partial charge in [-0.3, -0.25) is 9.36 Å². The predicted octanol–water partition coefficient (Wildman–Crippen LogP) is 2.50. The first-order chi connectivity index (χ1) is 12.5. The number of fused-ring (bicyclic) bond motifs is 1. The van der Waals surface area contributed by atoms with E-state index in [-0.39, 0.29) is 12.5 Å². The van der Waals surface area contributed by atoms with E-state index in [2.05, 4.69) is 22.3 Å². The standard InChI is InChI=1S/C19H20ClN3O3/c1-22(12-14-5-3-2-4-6-14)10-9-21-18(24)13-23-16-8-7-15(20)11-17(16)26-19(23)25/h2-8,11H,9-10,12-13H2,1H3,(H,21,24). The van der Waals surface area contributed by atoms with Crippen molar-refractivity contribution >= 4 is 28.6 Å². The molecule has 0 fully saturated rings. The lowest BCUT2D eigenvalue weighted by molar-refractivity contribution is -0.121. The zero-order valence-electron chi connectivity index (χ0n) is 14.4. The maximum absolute atomic E-state index is 12.2. The van der Waals surface area contributed by atoms with Gasteiger partial charge in [0.15, 0.2) is 5.58 Å². The molecule has 0 aliphatic heterocycles. The predicted molar refractivity (Wildman–Crippen MR) is 101 cm³/mol. The lowest BCUT2D eigenvalue weighted by atomic mass is 10.2. The molecule has 0 saturated carbocycles. The molecule has 0 bridgehead atoms. The van der Waals surface area contributed by atoms with E-state index in [4.69, 9.17) is 16.0 Å². The summed E-state index contributed by atoms with van der Waals surface area (Å²) >= 11 is 5.89. The normalized spacial score (nSPS) is 11.2. The monoisotopic (exact) mass is 373 g/mol. The van der Waals surface area contributed by atoms with Crippen molar-refractivity contribution in [3.05, 3.63) is 69.7 Å². The van der Waals surface area contributed by atoms with E-state index < -0.39 is 5.76 Å². The van der Waals surface area contributed by atoms with E-state index in [0.717, 1.165) is 6.54 Å². The van der Waals surface area contributed by atoms with Crippen LogP contribution in [0.15, 0.2) is 57.7 Å². The molecule has 0 spiro atoms. The molecular weight excluding hydrogens is 354 g/mol. The maximum Gasteiger partial charge on any atom is 0.420 e. The molecule has 1 heterocycles. The molecule has 26 heavy (non-hydrogen) atoms. The van der Waals surface area contributed by atoms with Crippen molar-refractivity contribution in [2.45, 2.75) is 13.1 Å². The molecule has 0 aliphatic carbocycles. The highest BCUT2D eigenvalue weighted by Crippen LogP contribution is 2.18. The van der Waals surface area contributed by atoms with Crippen LogP contribution in [0.25, 0.3) is 11.1 Å². The topological polar surface area (TPSA) is 67.5 Å². The zero-order chi connectivity index (χ0) is 18.5. The van der Waals surface area contributed by atoms with Crippen molar-refractivity contribution in [3.63, 3.8) is 0 Å². The highest BCUT2D eigenvalue weighted by Gasteiger charge is 2.13. The van der Waals surface area contributed by atoms with Gasteiger partial charge in [0.25, 0.3) is 0 Å². The van der Waals surface area contributed by atoms with Gasteiger partial charge in [0.05, 0.1) is 5.52 Å². The number of amides is 1. The Morgan fingerprint density at radius 1 is 1.23 bits per heavy atom. The van der Waals surface area contributed by atoms with Crippen LogP contribution < -0.4 is 11.1 Å². The van der Waals surface area contributed by atoms with Gasteiger partial charge in [0, 0.05) is 30.7 Å². The number of nitrogens with one attached hydrogen (secondary N) is 1. The fourth-order valence-corrected chi connectivity index (χ4v) is 2.91. The molecule has 3 aromatic rings. The Morgan fingerprint density at radius 2 is 2.00 bits per heavy atom. The molecular formula is C19H20ClN3O3. The number of hydrogen-bond acceptors (Lipinski definition) is 4. The van der Waals surface area contributed by atoms with Gasteiger partial charge in [-0.1, -0.05) is 41.9 Å². The third-order valence-corrected chi connectivity index (χ3v) is 4.28. The van der Waals surface area contributed by atoms with Crippen LogP contribution in [0.1, 0.15) is 5.56 Å². The summed E-state index contributed by atoms with van der Waals surface area (Å²) in [6.07, 6.45) is 0. The van der Waals surface area contributed by atoms with Gasteiger partial charge in [-0.25, -0.2) is 4.79 Å². The van der Waals surface area contributed by atoms with Crippen LogP contribution in [-0.2, 0) is 17.9 Å². The number of carbonyl (C=O) groups is 1. The number of likely N-dealkylation sites (N-methyl/N-ethyl adjacent to an activating group) is 1. The Labute approximate surface area is 156 Å². The van der Waals surface area contributed by atoms with Crippen LogP contribution in [0.5, 0.6) is 0 Å². The number of carbonyl (C=O) groups excluding carboxylic acids is 1. The minimum atomic E-state index is -0.571. The number of nitrogens with zero attached hydrogens (tertiary/aromatic N) is 2. The van der Waals surface area contributed by atoms with Gasteiger partial charge in [0.1, 0.15) is 6.54 Å². The quantitative estimate of drug-likeness (QED) is 0.691. The number of halogens is 1. The Bertz CT molecular complexity index is 950. The summed E-state index contributed by atoms with van der Waals surface area (Å²) in [6, 6.07) is 15.0. The number of hydrogen-bond donors (Lipinski definition) is 1. The third-order valence-electron chi connectivity index (χ3n) is 4.04. The highest BCUT2D eigenvalue weighted by molar-refractivity contribution is 6.31. The molecule has 1 N–H and O–H groups in total. The van der Waals surface area contributed by atoms with Gasteiger partial charge in [0.2, 0.25) is 5.91 Å². The molecule has 0 atom stereocenters. The Hall–Kier alpha value is -2.57. The Morgan fingerprint density at radius 3 is 2.77 bits per heavy atom. The highest BCUT2D eigenvalue weighted by atomic mass is 35.5. The molecule has 1 aromatic heterocycles. The molecule has 0 radical (unpaired) electrons. The smallest absolute Gasteiger partial charge is 0.408 e. The fraction of sp³-hybridized carbons (Fsp3) is 0.263. The largest absolute Gasteiger partial charge is 0.420 e. The third kappa shape index (κ3) is 4.53. The molecule has 7 heteroatoms. The van der Waals surface area contributed by atoms with Gasteiger partial charge in [-0.2, -0.15) is 0 Å². The van der Waals surface area contributed by atoms with Crippen LogP contribution in [0.4, 0.5) is 0 Å². The summed E-state index contributed by atoms with van der Waals surface area (Å²) in [5, 5.41) is 3.31. The lowest BCUT2D eigenvalue weighted by Gasteiger charge is -2.17. The first-order valence-electron chi connectivity index (χ1n) is 8.31. The van der Waals surface area contributed by atoms with Crippen molar-refractivity contribution in [2.75, 3.05) is 20.1 Å². The van der Waals surface area contributed by atoms with Crippen LogP contribution in [0.2, 0.25) is 5.02 Å². The minimum absolute atomic E-state index is 0.0874. The molecule has 3 rings (SSSR count). The van der Waals surface area contributed by atoms with Gasteiger partial charge >= 0.3 is 5.76 Å². The second kappa shape index (κ2) is 8.21. The summed E-state index contributed by atoms with van der Waals surface area (Å²) in [6.45, 7) is 1.93. The Balaban J connectivity index is 1.52. The first kappa shape index (κ1) is 18.2. The van der Waals surface area contributed by atoms with Crippen LogP contribution in [0, 0.1) is 0 Å². The molecule has 1 amide bonds. The SMILES string of the molecule is CN(CCNC(=O)Cn1c(=O)oc2cc(Cl)ccc21)Cc1ccccc1. The molecule has 0 saturated heterocycles. The fourth-order valence-electron chi connectivity index (χ4n) is 2.75. The van der Waals surface area contributed by atoms with Gasteiger partial charge in [-0.05, 0) is 24.7 Å². The minimum Gasteiger partial charge on any atom is -0.408 e. The van der Waals surface area contributed by atoms with E-state index in [1.807, 2.05) is 25.2 Å².